The van der Waals surface area contributed by atoms with E-state index in [1.807, 2.05) is 51.6 Å². The maximum Gasteiger partial charge on any atom is 0.246 e. The second kappa shape index (κ2) is 12.3. The summed E-state index contributed by atoms with van der Waals surface area (Å²) in [5, 5.41) is 9.51. The van der Waals surface area contributed by atoms with Crippen molar-refractivity contribution >= 4 is 34.9 Å². The minimum absolute atomic E-state index is 0.164. The Hall–Kier alpha value is -3.89. The third-order valence-corrected chi connectivity index (χ3v) is 6.77. The number of halogens is 1. The van der Waals surface area contributed by atoms with E-state index in [0.29, 0.717) is 28.7 Å². The quantitative estimate of drug-likeness (QED) is 0.417. The molecule has 2 aromatic carbocycles. The fourth-order valence-electron chi connectivity index (χ4n) is 4.54. The number of rotatable bonds is 8. The average Bonchev–Trinajstić information content (AvgIpc) is 3.28. The van der Waals surface area contributed by atoms with Gasteiger partial charge in [-0.25, -0.2) is 5.01 Å². The molecule has 1 aliphatic heterocycles. The van der Waals surface area contributed by atoms with E-state index in [0.717, 1.165) is 16.7 Å². The van der Waals surface area contributed by atoms with Gasteiger partial charge in [0.15, 0.2) is 0 Å². The number of carbonyl (C=O) groups is 2. The van der Waals surface area contributed by atoms with Gasteiger partial charge in [-0.05, 0) is 54.8 Å². The van der Waals surface area contributed by atoms with Crippen LogP contribution in [0.1, 0.15) is 12.5 Å². The van der Waals surface area contributed by atoms with Crippen LogP contribution in [0.5, 0.6) is 5.75 Å². The third kappa shape index (κ3) is 6.96. The standard InChI is InChI=1S/C28H34ClN7O3/c1-18(27(37)32-24-8-6-7-19(13-24)22-15-31-35(4)16-22)36-17-26(33-34(2)3)30-14-21(28(36)38)11-20-12-23(29)9-10-25(20)39-5/h6-10,12-13,15-16,18,21H,11,14,17H2,1-5H3,(H,30,33)(H,32,37)/t18-,21+/m0/s1. The van der Waals surface area contributed by atoms with Crippen molar-refractivity contribution in [1.29, 1.82) is 0 Å². The van der Waals surface area contributed by atoms with Crippen LogP contribution >= 0.6 is 11.6 Å². The normalized spacial score (nSPS) is 16.5. The minimum Gasteiger partial charge on any atom is -0.496 e. The van der Waals surface area contributed by atoms with Gasteiger partial charge in [-0.3, -0.25) is 19.3 Å². The van der Waals surface area contributed by atoms with E-state index in [1.165, 1.54) is 0 Å². The number of aromatic nitrogens is 2. The summed E-state index contributed by atoms with van der Waals surface area (Å²) in [6.45, 7) is 2.17. The number of ether oxygens (including phenoxy) is 1. The molecule has 1 aromatic heterocycles. The first-order valence-electron chi connectivity index (χ1n) is 12.6. The predicted molar refractivity (Wildman–Crippen MR) is 153 cm³/mol. The van der Waals surface area contributed by atoms with E-state index in [1.54, 1.807) is 53.0 Å². The van der Waals surface area contributed by atoms with Crippen LogP contribution in [0.25, 0.3) is 11.1 Å². The molecule has 0 saturated carbocycles. The molecule has 0 bridgehead atoms. The SMILES string of the molecule is COc1ccc(Cl)cc1C[C@@H]1CN=C(NN(C)C)CN([C@@H](C)C(=O)Nc2cccc(-c3cnn(C)c3)c2)C1=O. The number of methoxy groups -OCH3 is 1. The zero-order valence-electron chi connectivity index (χ0n) is 22.8. The zero-order chi connectivity index (χ0) is 28.1. The second-order valence-corrected chi connectivity index (χ2v) is 10.2. The van der Waals surface area contributed by atoms with Crippen LogP contribution in [-0.2, 0) is 23.1 Å². The molecule has 1 aliphatic rings. The summed E-state index contributed by atoms with van der Waals surface area (Å²) < 4.78 is 7.22. The maximum atomic E-state index is 13.9. The highest BCUT2D eigenvalue weighted by atomic mass is 35.5. The maximum absolute atomic E-state index is 13.9. The first kappa shape index (κ1) is 28.1. The van der Waals surface area contributed by atoms with Crippen molar-refractivity contribution in [3.05, 3.63) is 65.4 Å². The largest absolute Gasteiger partial charge is 0.496 e. The fourth-order valence-corrected chi connectivity index (χ4v) is 4.73. The summed E-state index contributed by atoms with van der Waals surface area (Å²) in [4.78, 5) is 33.5. The minimum atomic E-state index is -0.754. The third-order valence-electron chi connectivity index (χ3n) is 6.53. The molecule has 206 valence electrons. The summed E-state index contributed by atoms with van der Waals surface area (Å²) >= 11 is 6.24. The summed E-state index contributed by atoms with van der Waals surface area (Å²) in [5.74, 6) is 0.299. The van der Waals surface area contributed by atoms with Crippen molar-refractivity contribution in [3.8, 4) is 16.9 Å². The number of aliphatic imine (C=N–C) groups is 1. The Bertz CT molecular complexity index is 1370. The van der Waals surface area contributed by atoms with Crippen LogP contribution in [0.4, 0.5) is 5.69 Å². The molecule has 39 heavy (non-hydrogen) atoms. The monoisotopic (exact) mass is 551 g/mol. The topological polar surface area (TPSA) is 104 Å². The van der Waals surface area contributed by atoms with Crippen LogP contribution < -0.4 is 15.5 Å². The Morgan fingerprint density at radius 1 is 1.23 bits per heavy atom. The van der Waals surface area contributed by atoms with E-state index in [4.69, 9.17) is 16.3 Å². The highest BCUT2D eigenvalue weighted by Crippen LogP contribution is 2.27. The van der Waals surface area contributed by atoms with Gasteiger partial charge >= 0.3 is 0 Å². The molecule has 0 saturated heterocycles. The van der Waals surface area contributed by atoms with Crippen molar-refractivity contribution in [3.63, 3.8) is 0 Å². The lowest BCUT2D eigenvalue weighted by atomic mass is 9.96. The fraction of sp³-hybridized carbons (Fsp3) is 0.357. The highest BCUT2D eigenvalue weighted by Gasteiger charge is 2.35. The van der Waals surface area contributed by atoms with Crippen LogP contribution in [0.15, 0.2) is 59.9 Å². The summed E-state index contributed by atoms with van der Waals surface area (Å²) in [6, 6.07) is 12.1. The molecule has 11 heteroatoms. The Morgan fingerprint density at radius 2 is 2.03 bits per heavy atom. The van der Waals surface area contributed by atoms with Gasteiger partial charge in [0, 0.05) is 43.6 Å². The summed E-state index contributed by atoms with van der Waals surface area (Å²) in [7, 11) is 7.13. The van der Waals surface area contributed by atoms with Gasteiger partial charge in [0.25, 0.3) is 0 Å². The van der Waals surface area contributed by atoms with E-state index >= 15 is 0 Å². The molecule has 0 fully saturated rings. The molecule has 10 nitrogen and oxygen atoms in total. The first-order valence-corrected chi connectivity index (χ1v) is 13.0. The summed E-state index contributed by atoms with van der Waals surface area (Å²) in [6.07, 6.45) is 4.06. The average molecular weight is 552 g/mol. The number of hydrogen-bond donors (Lipinski definition) is 2. The van der Waals surface area contributed by atoms with Gasteiger partial charge in [-0.15, -0.1) is 0 Å². The molecular weight excluding hydrogens is 518 g/mol. The molecule has 0 spiro atoms. The molecule has 4 rings (SSSR count). The molecule has 0 aliphatic carbocycles. The lowest BCUT2D eigenvalue weighted by molar-refractivity contribution is -0.140. The van der Waals surface area contributed by atoms with E-state index in [2.05, 4.69) is 20.8 Å². The van der Waals surface area contributed by atoms with Crippen molar-refractivity contribution < 1.29 is 14.3 Å². The molecule has 0 radical (unpaired) electrons. The van der Waals surface area contributed by atoms with Crippen molar-refractivity contribution in [2.24, 2.45) is 18.0 Å². The lowest BCUT2D eigenvalue weighted by Crippen LogP contribution is -2.52. The Labute approximate surface area is 233 Å². The molecule has 2 atom stereocenters. The number of amidine groups is 1. The van der Waals surface area contributed by atoms with Gasteiger partial charge in [-0.2, -0.15) is 5.10 Å². The van der Waals surface area contributed by atoms with Gasteiger partial charge in [-0.1, -0.05) is 23.7 Å². The second-order valence-electron chi connectivity index (χ2n) is 9.77. The predicted octanol–water partition coefficient (Wildman–Crippen LogP) is 3.24. The van der Waals surface area contributed by atoms with E-state index < -0.39 is 12.0 Å². The van der Waals surface area contributed by atoms with Crippen LogP contribution in [0.3, 0.4) is 0 Å². The van der Waals surface area contributed by atoms with Crippen molar-refractivity contribution in [2.45, 2.75) is 19.4 Å². The van der Waals surface area contributed by atoms with Crippen LogP contribution in [0.2, 0.25) is 5.02 Å². The molecule has 2 N–H and O–H groups in total. The van der Waals surface area contributed by atoms with Gasteiger partial charge in [0.2, 0.25) is 11.8 Å². The Balaban J connectivity index is 1.56. The molecule has 3 aromatic rings. The first-order chi connectivity index (χ1) is 18.6. The van der Waals surface area contributed by atoms with Crippen molar-refractivity contribution in [1.82, 2.24) is 25.1 Å². The number of carbonyl (C=O) groups excluding carboxylic acids is 2. The smallest absolute Gasteiger partial charge is 0.246 e. The number of hydrogen-bond acceptors (Lipinski definition) is 7. The number of hydrazine groups is 1. The lowest BCUT2D eigenvalue weighted by Gasteiger charge is -2.30. The van der Waals surface area contributed by atoms with Gasteiger partial charge in [0.1, 0.15) is 17.6 Å². The zero-order valence-corrected chi connectivity index (χ0v) is 23.6. The van der Waals surface area contributed by atoms with E-state index in [-0.39, 0.29) is 24.9 Å². The molecule has 2 heterocycles. The number of nitrogens with one attached hydrogen (secondary N) is 2. The number of benzene rings is 2. The molecular formula is C28H34ClN7O3. The molecule has 2 amide bonds. The molecule has 0 unspecified atom stereocenters. The highest BCUT2D eigenvalue weighted by molar-refractivity contribution is 6.30. The van der Waals surface area contributed by atoms with Crippen LogP contribution in [-0.4, -0.2) is 77.7 Å². The number of aryl methyl sites for hydroxylation is 1. The number of anilines is 1. The van der Waals surface area contributed by atoms with Gasteiger partial charge < -0.3 is 20.4 Å². The van der Waals surface area contributed by atoms with Crippen LogP contribution in [0, 0.1) is 5.92 Å². The Kier molecular flexibility index (Phi) is 8.88. The number of amides is 2. The summed E-state index contributed by atoms with van der Waals surface area (Å²) in [5.41, 5.74) is 6.48. The number of nitrogens with zero attached hydrogens (tertiary/aromatic N) is 5. The van der Waals surface area contributed by atoms with E-state index in [9.17, 15) is 9.59 Å². The Morgan fingerprint density at radius 3 is 2.72 bits per heavy atom. The van der Waals surface area contributed by atoms with Gasteiger partial charge in [0.05, 0.1) is 32.3 Å². The van der Waals surface area contributed by atoms with Crippen molar-refractivity contribution in [2.75, 3.05) is 39.6 Å².